The Morgan fingerprint density at radius 2 is 2.12 bits per heavy atom. The molecule has 2 unspecified atom stereocenters. The van der Waals surface area contributed by atoms with Gasteiger partial charge in [-0.3, -0.25) is 4.68 Å². The van der Waals surface area contributed by atoms with Crippen LogP contribution in [0.3, 0.4) is 0 Å². The summed E-state index contributed by atoms with van der Waals surface area (Å²) < 4.78 is 1.88. The van der Waals surface area contributed by atoms with Crippen LogP contribution in [0.2, 0.25) is 0 Å². The van der Waals surface area contributed by atoms with Gasteiger partial charge in [-0.1, -0.05) is 24.3 Å². The van der Waals surface area contributed by atoms with Gasteiger partial charge < -0.3 is 5.11 Å². The molecule has 3 heteroatoms. The Morgan fingerprint density at radius 1 is 1.31 bits per heavy atom. The highest BCUT2D eigenvalue weighted by Gasteiger charge is 2.32. The van der Waals surface area contributed by atoms with E-state index in [4.69, 9.17) is 0 Å². The fraction of sp³-hybridized carbons (Fsp3) is 0.308. The molecule has 16 heavy (non-hydrogen) atoms. The van der Waals surface area contributed by atoms with Gasteiger partial charge in [-0.2, -0.15) is 5.10 Å². The van der Waals surface area contributed by atoms with E-state index in [2.05, 4.69) is 11.2 Å². The Hall–Kier alpha value is -1.61. The summed E-state index contributed by atoms with van der Waals surface area (Å²) in [7, 11) is 0. The van der Waals surface area contributed by atoms with E-state index >= 15 is 0 Å². The van der Waals surface area contributed by atoms with Gasteiger partial charge in [0.05, 0.1) is 11.7 Å². The lowest BCUT2D eigenvalue weighted by atomic mass is 10.1. The van der Waals surface area contributed by atoms with Crippen LogP contribution < -0.4 is 0 Å². The molecule has 3 rings (SSSR count). The number of hydrogen-bond acceptors (Lipinski definition) is 2. The molecule has 2 atom stereocenters. The molecule has 1 aliphatic carbocycles. The molecule has 0 amide bonds. The van der Waals surface area contributed by atoms with Gasteiger partial charge in [0.2, 0.25) is 0 Å². The van der Waals surface area contributed by atoms with Crippen molar-refractivity contribution in [2.75, 3.05) is 0 Å². The van der Waals surface area contributed by atoms with E-state index in [9.17, 15) is 5.11 Å². The van der Waals surface area contributed by atoms with Crippen molar-refractivity contribution in [3.8, 4) is 0 Å². The average molecular weight is 214 g/mol. The maximum absolute atomic E-state index is 10.2. The maximum atomic E-state index is 10.2. The minimum absolute atomic E-state index is 0.0473. The second-order valence-electron chi connectivity index (χ2n) is 4.35. The number of aliphatic hydroxyl groups excluding tert-OH is 1. The molecule has 0 spiro atoms. The molecule has 0 bridgehead atoms. The normalized spacial score (nSPS) is 23.4. The summed E-state index contributed by atoms with van der Waals surface area (Å²) in [5.74, 6) is 0. The number of rotatable bonds is 1. The molecule has 82 valence electrons. The quantitative estimate of drug-likeness (QED) is 0.788. The first-order valence-electron chi connectivity index (χ1n) is 5.53. The molecule has 2 aromatic rings. The lowest BCUT2D eigenvalue weighted by Crippen LogP contribution is -2.14. The number of aromatic nitrogens is 2. The number of nitrogens with zero attached hydrogens (tertiary/aromatic N) is 2. The van der Waals surface area contributed by atoms with Crippen LogP contribution in [0.1, 0.15) is 29.0 Å². The number of benzene rings is 1. The molecule has 0 saturated heterocycles. The molecule has 0 fully saturated rings. The highest BCUT2D eigenvalue weighted by atomic mass is 16.3. The number of hydrogen-bond donors (Lipinski definition) is 1. The van der Waals surface area contributed by atoms with Crippen molar-refractivity contribution in [1.82, 2.24) is 9.78 Å². The van der Waals surface area contributed by atoms with Crippen molar-refractivity contribution >= 4 is 0 Å². The summed E-state index contributed by atoms with van der Waals surface area (Å²) in [4.78, 5) is 0. The van der Waals surface area contributed by atoms with E-state index in [1.165, 1.54) is 5.56 Å². The summed E-state index contributed by atoms with van der Waals surface area (Å²) in [6.45, 7) is 1.96. The molecule has 1 aromatic carbocycles. The van der Waals surface area contributed by atoms with Crippen molar-refractivity contribution in [3.05, 3.63) is 53.3 Å². The van der Waals surface area contributed by atoms with Crippen LogP contribution in [-0.4, -0.2) is 14.9 Å². The van der Waals surface area contributed by atoms with E-state index in [1.54, 1.807) is 0 Å². The minimum atomic E-state index is -0.435. The first kappa shape index (κ1) is 9.60. The van der Waals surface area contributed by atoms with Crippen LogP contribution >= 0.6 is 0 Å². The zero-order valence-electron chi connectivity index (χ0n) is 9.17. The van der Waals surface area contributed by atoms with Gasteiger partial charge >= 0.3 is 0 Å². The van der Waals surface area contributed by atoms with Crippen molar-refractivity contribution < 1.29 is 5.11 Å². The predicted octanol–water partition coefficient (Wildman–Crippen LogP) is 2.02. The van der Waals surface area contributed by atoms with Gasteiger partial charge in [0, 0.05) is 6.20 Å². The number of fused-ring (bicyclic) bond motifs is 1. The first-order valence-corrected chi connectivity index (χ1v) is 5.53. The number of aliphatic hydroxyl groups is 1. The lowest BCUT2D eigenvalue weighted by Gasteiger charge is -2.15. The van der Waals surface area contributed by atoms with Crippen LogP contribution in [0.15, 0.2) is 36.5 Å². The minimum Gasteiger partial charge on any atom is -0.386 e. The highest BCUT2D eigenvalue weighted by molar-refractivity contribution is 5.35. The molecular formula is C13H14N2O. The molecule has 1 aliphatic rings. The molecule has 0 aliphatic heterocycles. The van der Waals surface area contributed by atoms with E-state index in [1.807, 2.05) is 42.1 Å². The Balaban J connectivity index is 1.98. The van der Waals surface area contributed by atoms with Crippen molar-refractivity contribution in [2.45, 2.75) is 25.5 Å². The Labute approximate surface area is 94.3 Å². The van der Waals surface area contributed by atoms with Crippen LogP contribution in [0.25, 0.3) is 0 Å². The smallest absolute Gasteiger partial charge is 0.102 e. The Kier molecular flexibility index (Phi) is 2.07. The second kappa shape index (κ2) is 3.46. The van der Waals surface area contributed by atoms with Gasteiger partial charge in [0.1, 0.15) is 6.10 Å². The van der Waals surface area contributed by atoms with Gasteiger partial charge in [0.15, 0.2) is 0 Å². The molecular weight excluding hydrogens is 200 g/mol. The van der Waals surface area contributed by atoms with Gasteiger partial charge in [-0.05, 0) is 30.5 Å². The van der Waals surface area contributed by atoms with Gasteiger partial charge in [0.25, 0.3) is 0 Å². The topological polar surface area (TPSA) is 38.0 Å². The van der Waals surface area contributed by atoms with Crippen LogP contribution in [0.5, 0.6) is 0 Å². The zero-order chi connectivity index (χ0) is 11.1. The summed E-state index contributed by atoms with van der Waals surface area (Å²) >= 11 is 0. The molecule has 0 radical (unpaired) electrons. The van der Waals surface area contributed by atoms with Crippen LogP contribution in [0, 0.1) is 6.92 Å². The molecule has 3 nitrogen and oxygen atoms in total. The predicted molar refractivity (Wildman–Crippen MR) is 61.1 cm³/mol. The summed E-state index contributed by atoms with van der Waals surface area (Å²) in [5, 5.41) is 14.6. The largest absolute Gasteiger partial charge is 0.386 e. The Morgan fingerprint density at radius 3 is 2.81 bits per heavy atom. The molecule has 1 N–H and O–H groups in total. The van der Waals surface area contributed by atoms with Crippen LogP contribution in [-0.2, 0) is 6.42 Å². The Bertz CT molecular complexity index is 518. The van der Waals surface area contributed by atoms with E-state index < -0.39 is 6.10 Å². The fourth-order valence-corrected chi connectivity index (χ4v) is 2.41. The number of aryl methyl sites for hydroxylation is 1. The monoisotopic (exact) mass is 214 g/mol. The van der Waals surface area contributed by atoms with Gasteiger partial charge in [-0.15, -0.1) is 0 Å². The van der Waals surface area contributed by atoms with Crippen molar-refractivity contribution in [1.29, 1.82) is 0 Å². The SMILES string of the molecule is Cc1ccn(C2Cc3ccccc3C2O)n1. The third-order valence-electron chi connectivity index (χ3n) is 3.25. The van der Waals surface area contributed by atoms with E-state index in [-0.39, 0.29) is 6.04 Å². The average Bonchev–Trinajstić information content (AvgIpc) is 2.84. The summed E-state index contributed by atoms with van der Waals surface area (Å²) in [6, 6.07) is 10.1. The van der Waals surface area contributed by atoms with E-state index in [0.717, 1.165) is 17.7 Å². The van der Waals surface area contributed by atoms with Crippen LogP contribution in [0.4, 0.5) is 0 Å². The molecule has 0 saturated carbocycles. The maximum Gasteiger partial charge on any atom is 0.102 e. The summed E-state index contributed by atoms with van der Waals surface area (Å²) in [6.07, 6.45) is 2.36. The first-order chi connectivity index (χ1) is 7.75. The van der Waals surface area contributed by atoms with Crippen molar-refractivity contribution in [2.24, 2.45) is 0 Å². The van der Waals surface area contributed by atoms with E-state index in [0.29, 0.717) is 0 Å². The standard InChI is InChI=1S/C13H14N2O/c1-9-6-7-15(14-9)12-8-10-4-2-3-5-11(10)13(12)16/h2-7,12-13,16H,8H2,1H3. The molecule has 1 aromatic heterocycles. The third kappa shape index (κ3) is 1.36. The van der Waals surface area contributed by atoms with Crippen molar-refractivity contribution in [3.63, 3.8) is 0 Å². The zero-order valence-corrected chi connectivity index (χ0v) is 9.17. The van der Waals surface area contributed by atoms with Gasteiger partial charge in [-0.25, -0.2) is 0 Å². The second-order valence-corrected chi connectivity index (χ2v) is 4.35. The summed E-state index contributed by atoms with van der Waals surface area (Å²) in [5.41, 5.74) is 3.26. The third-order valence-corrected chi connectivity index (χ3v) is 3.25. The highest BCUT2D eigenvalue weighted by Crippen LogP contribution is 2.38. The lowest BCUT2D eigenvalue weighted by molar-refractivity contribution is 0.121. The fourth-order valence-electron chi connectivity index (χ4n) is 2.41. The molecule has 1 heterocycles.